The van der Waals surface area contributed by atoms with Crippen molar-refractivity contribution in [1.29, 1.82) is 0 Å². The lowest BCUT2D eigenvalue weighted by atomic mass is 9.74. The zero-order valence-corrected chi connectivity index (χ0v) is 21.0. The Labute approximate surface area is 211 Å². The van der Waals surface area contributed by atoms with Crippen molar-refractivity contribution >= 4 is 51.9 Å². The summed E-state index contributed by atoms with van der Waals surface area (Å²) in [4.78, 5) is 20.3. The fourth-order valence-corrected chi connectivity index (χ4v) is 6.12. The van der Waals surface area contributed by atoms with Crippen molar-refractivity contribution in [2.75, 3.05) is 18.0 Å². The monoisotopic (exact) mass is 520 g/mol. The number of nitrogens with two attached hydrogens (primary N) is 1. The van der Waals surface area contributed by atoms with Gasteiger partial charge in [-0.2, -0.15) is 15.2 Å². The molecule has 2 aliphatic rings. The number of aryl methyl sites for hydroxylation is 1. The number of rotatable bonds is 2. The number of fused-ring (bicyclic) bond motifs is 2. The van der Waals surface area contributed by atoms with Gasteiger partial charge in [-0.05, 0) is 43.2 Å². The molecule has 1 spiro atoms. The van der Waals surface area contributed by atoms with Gasteiger partial charge in [0.05, 0.1) is 10.5 Å². The van der Waals surface area contributed by atoms with E-state index in [4.69, 9.17) is 22.3 Å². The first-order valence-corrected chi connectivity index (χ1v) is 11.9. The van der Waals surface area contributed by atoms with E-state index >= 15 is 0 Å². The maximum Gasteiger partial charge on any atom is 0.266 e. The van der Waals surface area contributed by atoms with Gasteiger partial charge in [0.1, 0.15) is 17.3 Å². The average molecular weight is 521 g/mol. The molecule has 4 aromatic rings. The van der Waals surface area contributed by atoms with Gasteiger partial charge in [0.2, 0.25) is 5.95 Å². The summed E-state index contributed by atoms with van der Waals surface area (Å²) in [6.45, 7) is 1.35. The predicted molar refractivity (Wildman–Crippen MR) is 137 cm³/mol. The summed E-state index contributed by atoms with van der Waals surface area (Å²) in [5, 5.41) is 13.4. The van der Waals surface area contributed by atoms with E-state index < -0.39 is 6.17 Å². The molecule has 3 N–H and O–H groups in total. The van der Waals surface area contributed by atoms with E-state index in [-0.39, 0.29) is 29.4 Å². The van der Waals surface area contributed by atoms with Crippen molar-refractivity contribution in [3.63, 3.8) is 0 Å². The Morgan fingerprint density at radius 2 is 2.00 bits per heavy atom. The molecule has 1 saturated carbocycles. The molecule has 12 heteroatoms. The number of hydrogen-bond acceptors (Lipinski definition) is 6. The Hall–Kier alpha value is -2.69. The van der Waals surface area contributed by atoms with E-state index in [1.165, 1.54) is 0 Å². The average Bonchev–Trinajstić information content (AvgIpc) is 3.47. The summed E-state index contributed by atoms with van der Waals surface area (Å²) in [7, 11) is 3.55. The number of halogens is 3. The van der Waals surface area contributed by atoms with Crippen molar-refractivity contribution in [3.05, 3.63) is 33.7 Å². The predicted octanol–water partition coefficient (Wildman–Crippen LogP) is 3.33. The highest BCUT2D eigenvalue weighted by Gasteiger charge is 2.47. The van der Waals surface area contributed by atoms with Crippen LogP contribution in [0.15, 0.2) is 23.1 Å². The normalized spacial score (nSPS) is 21.8. The number of alkyl halides is 1. The number of benzene rings is 1. The second-order valence-electron chi connectivity index (χ2n) is 9.73. The molecule has 1 aromatic carbocycles. The molecule has 1 aliphatic carbocycles. The summed E-state index contributed by atoms with van der Waals surface area (Å²) in [6, 6.07) is 3.58. The molecule has 1 saturated heterocycles. The number of aromatic nitrogens is 6. The maximum atomic E-state index is 14.0. The van der Waals surface area contributed by atoms with Crippen molar-refractivity contribution in [3.8, 4) is 11.3 Å². The van der Waals surface area contributed by atoms with Gasteiger partial charge in [-0.1, -0.05) is 11.6 Å². The quantitative estimate of drug-likeness (QED) is 0.419. The summed E-state index contributed by atoms with van der Waals surface area (Å²) in [5.41, 5.74) is 8.24. The lowest BCUT2D eigenvalue weighted by molar-refractivity contribution is 0.183. The van der Waals surface area contributed by atoms with Crippen LogP contribution in [-0.4, -0.2) is 54.8 Å². The first kappa shape index (κ1) is 24.0. The number of hydrogen-bond donors (Lipinski definition) is 2. The molecule has 35 heavy (non-hydrogen) atoms. The highest BCUT2D eigenvalue weighted by atomic mass is 35.5. The van der Waals surface area contributed by atoms with Gasteiger partial charge in [-0.3, -0.25) is 19.1 Å². The Balaban J connectivity index is 0.00000253. The van der Waals surface area contributed by atoms with Crippen LogP contribution in [0.25, 0.3) is 33.2 Å². The van der Waals surface area contributed by atoms with Crippen molar-refractivity contribution in [2.24, 2.45) is 25.2 Å². The molecular weight excluding hydrogens is 494 g/mol. The number of anilines is 1. The van der Waals surface area contributed by atoms with E-state index in [2.05, 4.69) is 20.2 Å². The largest absolute Gasteiger partial charge is 0.342 e. The molecule has 6 rings (SSSR count). The number of nitrogens with zero attached hydrogens (tertiary/aromatic N) is 6. The lowest BCUT2D eigenvalue weighted by Gasteiger charge is -2.42. The molecule has 186 valence electrons. The van der Waals surface area contributed by atoms with Gasteiger partial charge in [-0.15, -0.1) is 12.4 Å². The van der Waals surface area contributed by atoms with Crippen LogP contribution in [0, 0.1) is 5.41 Å². The van der Waals surface area contributed by atoms with Gasteiger partial charge < -0.3 is 10.6 Å². The van der Waals surface area contributed by atoms with Gasteiger partial charge in [-0.25, -0.2) is 4.39 Å². The zero-order chi connectivity index (χ0) is 23.8. The fourth-order valence-electron chi connectivity index (χ4n) is 5.82. The van der Waals surface area contributed by atoms with Gasteiger partial charge >= 0.3 is 0 Å². The topological polar surface area (TPSA) is 111 Å². The van der Waals surface area contributed by atoms with E-state index in [0.29, 0.717) is 59.2 Å². The van der Waals surface area contributed by atoms with Crippen molar-refractivity contribution in [2.45, 2.75) is 37.9 Å². The first-order valence-electron chi connectivity index (χ1n) is 11.5. The standard InChI is InChI=1S/C23H26ClFN8O.ClH/c1-31-11-14-15(30-31)4-3-13(18(14)24)19-17-20(29-28-19)27-22(32(2)21(17)34)33-7-5-23(6-8-33)10-12(25)9-16(23)26;/h3-4,11-12,16H,5-10,26H2,1-2H3,(H,28,29);1H/t12-,16+;/m0./s1. The molecule has 2 fully saturated rings. The third-order valence-corrected chi connectivity index (χ3v) is 8.14. The second kappa shape index (κ2) is 8.46. The van der Waals surface area contributed by atoms with E-state index in [0.717, 1.165) is 23.7 Å². The Kier molecular flexibility index (Phi) is 5.81. The molecule has 0 radical (unpaired) electrons. The molecule has 0 amide bonds. The van der Waals surface area contributed by atoms with Crippen LogP contribution in [-0.2, 0) is 14.1 Å². The summed E-state index contributed by atoms with van der Waals surface area (Å²) in [6.07, 6.45) is 3.57. The summed E-state index contributed by atoms with van der Waals surface area (Å²) in [5.74, 6) is 0.569. The molecule has 4 heterocycles. The fraction of sp³-hybridized carbons (Fsp3) is 0.478. The summed E-state index contributed by atoms with van der Waals surface area (Å²) < 4.78 is 17.3. The molecular formula is C23H27Cl2FN8O. The van der Waals surface area contributed by atoms with Crippen molar-refractivity contribution in [1.82, 2.24) is 29.5 Å². The second-order valence-corrected chi connectivity index (χ2v) is 10.1. The van der Waals surface area contributed by atoms with Crippen LogP contribution in [0.1, 0.15) is 25.7 Å². The zero-order valence-electron chi connectivity index (χ0n) is 19.5. The minimum absolute atomic E-state index is 0. The van der Waals surface area contributed by atoms with E-state index in [1.54, 1.807) is 16.3 Å². The molecule has 3 aromatic heterocycles. The van der Waals surface area contributed by atoms with Crippen LogP contribution in [0.3, 0.4) is 0 Å². The Morgan fingerprint density at radius 3 is 2.69 bits per heavy atom. The maximum absolute atomic E-state index is 14.0. The molecule has 0 unspecified atom stereocenters. The van der Waals surface area contributed by atoms with Crippen LogP contribution < -0.4 is 16.2 Å². The SMILES string of the molecule is Cl.Cn1cc2c(Cl)c(-c3n[nH]c4nc(N5CCC6(CC5)C[C@@H](F)C[C@H]6N)n(C)c(=O)c34)ccc2n1. The third kappa shape index (κ3) is 3.61. The Morgan fingerprint density at radius 1 is 1.26 bits per heavy atom. The minimum Gasteiger partial charge on any atom is -0.342 e. The summed E-state index contributed by atoms with van der Waals surface area (Å²) >= 11 is 6.69. The molecule has 0 bridgehead atoms. The number of aromatic amines is 1. The van der Waals surface area contributed by atoms with Crippen LogP contribution in [0.5, 0.6) is 0 Å². The van der Waals surface area contributed by atoms with Crippen LogP contribution in [0.4, 0.5) is 10.3 Å². The molecule has 1 aliphatic heterocycles. The van der Waals surface area contributed by atoms with E-state index in [9.17, 15) is 9.18 Å². The molecule has 9 nitrogen and oxygen atoms in total. The van der Waals surface area contributed by atoms with Crippen LogP contribution in [0.2, 0.25) is 5.02 Å². The Bertz CT molecular complexity index is 1490. The van der Waals surface area contributed by atoms with Gasteiger partial charge in [0.15, 0.2) is 5.65 Å². The smallest absolute Gasteiger partial charge is 0.266 e. The third-order valence-electron chi connectivity index (χ3n) is 7.74. The first-order chi connectivity index (χ1) is 16.3. The molecule has 2 atom stereocenters. The number of nitrogens with one attached hydrogen (secondary N) is 1. The van der Waals surface area contributed by atoms with Crippen molar-refractivity contribution < 1.29 is 4.39 Å². The van der Waals surface area contributed by atoms with E-state index in [1.807, 2.05) is 25.4 Å². The van der Waals surface area contributed by atoms with Crippen LogP contribution >= 0.6 is 24.0 Å². The van der Waals surface area contributed by atoms with Gasteiger partial charge in [0.25, 0.3) is 5.56 Å². The number of H-pyrrole nitrogens is 1. The highest BCUT2D eigenvalue weighted by Crippen LogP contribution is 2.47. The highest BCUT2D eigenvalue weighted by molar-refractivity contribution is 6.38. The van der Waals surface area contributed by atoms with Gasteiger partial charge in [0, 0.05) is 50.4 Å². The minimum atomic E-state index is -0.818. The number of piperidine rings is 1. The lowest BCUT2D eigenvalue weighted by Crippen LogP contribution is -2.48.